The standard InChI is InChI=1S/C15H18N6O5/c1-19(14-17-5-4-6-18-14)7-10(23)26-8-9(22)11-12(16)20(2)15(25)21(3)13(11)24/h4-6H,7-8,16H2,1-3H3. The molecular formula is C15H18N6O5. The summed E-state index contributed by atoms with van der Waals surface area (Å²) in [6.07, 6.45) is 3.04. The van der Waals surface area contributed by atoms with E-state index in [-0.39, 0.29) is 12.4 Å². The number of aromatic nitrogens is 4. The second kappa shape index (κ2) is 7.59. The Morgan fingerprint density at radius 1 is 1.19 bits per heavy atom. The number of hydrogen-bond acceptors (Lipinski definition) is 9. The number of carbonyl (C=O) groups is 2. The monoisotopic (exact) mass is 362 g/mol. The normalized spacial score (nSPS) is 10.4. The third kappa shape index (κ3) is 3.77. The van der Waals surface area contributed by atoms with Crippen LogP contribution in [0.15, 0.2) is 28.0 Å². The van der Waals surface area contributed by atoms with Crippen LogP contribution in [-0.4, -0.2) is 51.1 Å². The zero-order valence-corrected chi connectivity index (χ0v) is 14.5. The molecule has 0 fully saturated rings. The molecule has 0 atom stereocenters. The number of nitrogen functional groups attached to an aromatic ring is 1. The highest BCUT2D eigenvalue weighted by molar-refractivity contribution is 6.01. The van der Waals surface area contributed by atoms with Crippen LogP contribution in [0.2, 0.25) is 0 Å². The third-order valence-corrected chi connectivity index (χ3v) is 3.61. The molecule has 0 amide bonds. The zero-order chi connectivity index (χ0) is 19.4. The first-order valence-electron chi connectivity index (χ1n) is 7.46. The van der Waals surface area contributed by atoms with Crippen molar-refractivity contribution in [2.75, 3.05) is 30.8 Å². The SMILES string of the molecule is CN(CC(=O)OCC(=O)c1c(N)n(C)c(=O)n(C)c1=O)c1ncccn1. The van der Waals surface area contributed by atoms with Gasteiger partial charge in [0.15, 0.2) is 6.61 Å². The van der Waals surface area contributed by atoms with Crippen molar-refractivity contribution in [3.8, 4) is 0 Å². The third-order valence-electron chi connectivity index (χ3n) is 3.61. The molecule has 0 unspecified atom stereocenters. The number of Topliss-reactive ketones (excluding diaryl/α,β-unsaturated/α-hetero) is 1. The highest BCUT2D eigenvalue weighted by Gasteiger charge is 2.21. The van der Waals surface area contributed by atoms with Crippen molar-refractivity contribution in [2.45, 2.75) is 0 Å². The highest BCUT2D eigenvalue weighted by Crippen LogP contribution is 2.05. The van der Waals surface area contributed by atoms with Gasteiger partial charge in [0, 0.05) is 33.5 Å². The van der Waals surface area contributed by atoms with E-state index in [4.69, 9.17) is 10.5 Å². The maximum absolute atomic E-state index is 12.2. The second-order valence-electron chi connectivity index (χ2n) is 5.45. The van der Waals surface area contributed by atoms with Gasteiger partial charge in [-0.05, 0) is 6.07 Å². The molecule has 0 aliphatic rings. The Bertz CT molecular complexity index is 949. The lowest BCUT2D eigenvalue weighted by Gasteiger charge is -2.15. The van der Waals surface area contributed by atoms with Gasteiger partial charge in [-0.2, -0.15) is 0 Å². The number of esters is 1. The molecule has 0 saturated carbocycles. The van der Waals surface area contributed by atoms with Crippen molar-refractivity contribution >= 4 is 23.5 Å². The summed E-state index contributed by atoms with van der Waals surface area (Å²) in [7, 11) is 4.13. The molecule has 11 heteroatoms. The van der Waals surface area contributed by atoms with Crippen LogP contribution in [0.4, 0.5) is 11.8 Å². The van der Waals surface area contributed by atoms with Crippen LogP contribution < -0.4 is 21.9 Å². The van der Waals surface area contributed by atoms with E-state index in [9.17, 15) is 19.2 Å². The summed E-state index contributed by atoms with van der Waals surface area (Å²) in [4.78, 5) is 57.3. The molecule has 11 nitrogen and oxygen atoms in total. The van der Waals surface area contributed by atoms with E-state index in [1.54, 1.807) is 13.1 Å². The minimum atomic E-state index is -0.846. The molecular weight excluding hydrogens is 344 g/mol. The van der Waals surface area contributed by atoms with Gasteiger partial charge in [0.25, 0.3) is 5.56 Å². The van der Waals surface area contributed by atoms with Gasteiger partial charge in [-0.15, -0.1) is 0 Å². The molecule has 0 radical (unpaired) electrons. The van der Waals surface area contributed by atoms with E-state index in [1.807, 2.05) is 0 Å². The van der Waals surface area contributed by atoms with Gasteiger partial charge in [0.2, 0.25) is 11.7 Å². The van der Waals surface area contributed by atoms with Crippen molar-refractivity contribution in [2.24, 2.45) is 14.1 Å². The van der Waals surface area contributed by atoms with Gasteiger partial charge in [0.1, 0.15) is 17.9 Å². The van der Waals surface area contributed by atoms with Gasteiger partial charge in [-0.25, -0.2) is 14.8 Å². The fourth-order valence-corrected chi connectivity index (χ4v) is 2.14. The summed E-state index contributed by atoms with van der Waals surface area (Å²) < 4.78 is 6.62. The molecule has 26 heavy (non-hydrogen) atoms. The highest BCUT2D eigenvalue weighted by atomic mass is 16.5. The fourth-order valence-electron chi connectivity index (χ4n) is 2.14. The molecule has 0 bridgehead atoms. The van der Waals surface area contributed by atoms with Gasteiger partial charge in [0.05, 0.1) is 0 Å². The van der Waals surface area contributed by atoms with Gasteiger partial charge >= 0.3 is 11.7 Å². The number of ether oxygens (including phenoxy) is 1. The lowest BCUT2D eigenvalue weighted by atomic mass is 10.2. The number of anilines is 2. The van der Waals surface area contributed by atoms with Crippen molar-refractivity contribution in [3.63, 3.8) is 0 Å². The van der Waals surface area contributed by atoms with Crippen molar-refractivity contribution in [3.05, 3.63) is 44.9 Å². The number of likely N-dealkylation sites (N-methyl/N-ethyl adjacent to an activating group) is 1. The maximum Gasteiger partial charge on any atom is 0.332 e. The number of carbonyl (C=O) groups excluding carboxylic acids is 2. The molecule has 2 rings (SSSR count). The van der Waals surface area contributed by atoms with E-state index in [1.165, 1.54) is 31.4 Å². The largest absolute Gasteiger partial charge is 0.456 e. The van der Waals surface area contributed by atoms with Crippen molar-refractivity contribution in [1.29, 1.82) is 0 Å². The summed E-state index contributed by atoms with van der Waals surface area (Å²) in [5, 5.41) is 0. The van der Waals surface area contributed by atoms with E-state index >= 15 is 0 Å². The number of nitrogens with zero attached hydrogens (tertiary/aromatic N) is 5. The summed E-state index contributed by atoms with van der Waals surface area (Å²) in [6.45, 7) is -0.877. The smallest absolute Gasteiger partial charge is 0.332 e. The summed E-state index contributed by atoms with van der Waals surface area (Å²) >= 11 is 0. The number of rotatable bonds is 6. The Balaban J connectivity index is 2.07. The molecule has 0 saturated heterocycles. The number of hydrogen-bond donors (Lipinski definition) is 1. The number of ketones is 1. The minimum absolute atomic E-state index is 0.196. The van der Waals surface area contributed by atoms with Gasteiger partial charge in [-0.3, -0.25) is 23.5 Å². The van der Waals surface area contributed by atoms with E-state index < -0.39 is 35.2 Å². The first-order valence-corrected chi connectivity index (χ1v) is 7.46. The molecule has 2 aromatic rings. The van der Waals surface area contributed by atoms with Crippen LogP contribution in [0.1, 0.15) is 10.4 Å². The number of nitrogens with two attached hydrogens (primary N) is 1. The second-order valence-corrected chi connectivity index (χ2v) is 5.45. The lowest BCUT2D eigenvalue weighted by molar-refractivity contribution is -0.140. The Kier molecular flexibility index (Phi) is 5.50. The van der Waals surface area contributed by atoms with Crippen LogP contribution >= 0.6 is 0 Å². The molecule has 2 aromatic heterocycles. The summed E-state index contributed by atoms with van der Waals surface area (Å²) in [5.41, 5.74) is 3.77. The molecule has 0 aliphatic carbocycles. The molecule has 0 aromatic carbocycles. The first-order chi connectivity index (χ1) is 12.2. The Morgan fingerprint density at radius 2 is 1.81 bits per heavy atom. The fraction of sp³-hybridized carbons (Fsp3) is 0.333. The molecule has 138 valence electrons. The van der Waals surface area contributed by atoms with Crippen molar-refractivity contribution < 1.29 is 14.3 Å². The Labute approximate surface area is 147 Å². The van der Waals surface area contributed by atoms with Gasteiger partial charge < -0.3 is 15.4 Å². The minimum Gasteiger partial charge on any atom is -0.456 e. The van der Waals surface area contributed by atoms with Crippen LogP contribution in [-0.2, 0) is 23.6 Å². The van der Waals surface area contributed by atoms with Crippen LogP contribution in [0, 0.1) is 0 Å². The predicted octanol–water partition coefficient (Wildman–Crippen LogP) is -1.68. The summed E-state index contributed by atoms with van der Waals surface area (Å²) in [6, 6.07) is 1.63. The quantitative estimate of drug-likeness (QED) is 0.471. The Hall–Kier alpha value is -3.50. The molecule has 0 spiro atoms. The zero-order valence-electron chi connectivity index (χ0n) is 14.5. The van der Waals surface area contributed by atoms with Crippen molar-refractivity contribution in [1.82, 2.24) is 19.1 Å². The van der Waals surface area contributed by atoms with Crippen LogP contribution in [0.3, 0.4) is 0 Å². The topological polar surface area (TPSA) is 142 Å². The molecule has 2 N–H and O–H groups in total. The van der Waals surface area contributed by atoms with E-state index in [2.05, 4.69) is 9.97 Å². The Morgan fingerprint density at radius 3 is 2.42 bits per heavy atom. The molecule has 2 heterocycles. The maximum atomic E-state index is 12.2. The first kappa shape index (κ1) is 18.8. The lowest BCUT2D eigenvalue weighted by Crippen LogP contribution is -2.42. The predicted molar refractivity (Wildman–Crippen MR) is 91.9 cm³/mol. The van der Waals surface area contributed by atoms with Crippen LogP contribution in [0.5, 0.6) is 0 Å². The van der Waals surface area contributed by atoms with E-state index in [0.29, 0.717) is 5.95 Å². The average Bonchev–Trinajstić information content (AvgIpc) is 2.64. The molecule has 0 aliphatic heterocycles. The van der Waals surface area contributed by atoms with E-state index in [0.717, 1.165) is 9.13 Å². The van der Waals surface area contributed by atoms with Crippen LogP contribution in [0.25, 0.3) is 0 Å². The average molecular weight is 362 g/mol. The van der Waals surface area contributed by atoms with Gasteiger partial charge in [-0.1, -0.05) is 0 Å². The summed E-state index contributed by atoms with van der Waals surface area (Å²) in [5.74, 6) is -1.49.